The highest BCUT2D eigenvalue weighted by molar-refractivity contribution is 7.99. The van der Waals surface area contributed by atoms with E-state index in [2.05, 4.69) is 10.2 Å². The van der Waals surface area contributed by atoms with Gasteiger partial charge in [0.2, 0.25) is 5.16 Å². The number of hydrogen-bond acceptors (Lipinski definition) is 5. The average molecular weight is 380 g/mol. The molecule has 27 heavy (non-hydrogen) atoms. The molecule has 7 heteroatoms. The fourth-order valence-corrected chi connectivity index (χ4v) is 3.88. The number of aryl methyl sites for hydroxylation is 1. The Morgan fingerprint density at radius 2 is 1.89 bits per heavy atom. The van der Waals surface area contributed by atoms with Crippen molar-refractivity contribution in [3.8, 4) is 11.4 Å². The number of rotatable bonds is 5. The Morgan fingerprint density at radius 1 is 1.11 bits per heavy atom. The molecule has 0 atom stereocenters. The first kappa shape index (κ1) is 17.8. The van der Waals surface area contributed by atoms with Crippen LogP contribution in [0.15, 0.2) is 59.8 Å². The van der Waals surface area contributed by atoms with Gasteiger partial charge in [-0.2, -0.15) is 0 Å². The highest BCUT2D eigenvalue weighted by atomic mass is 32.2. The predicted molar refractivity (Wildman–Crippen MR) is 105 cm³/mol. The molecule has 0 N–H and O–H groups in total. The van der Waals surface area contributed by atoms with Crippen molar-refractivity contribution in [1.29, 1.82) is 0 Å². The van der Waals surface area contributed by atoms with Crippen LogP contribution in [0.4, 0.5) is 0 Å². The zero-order valence-electron chi connectivity index (χ0n) is 15.0. The molecule has 0 saturated carbocycles. The van der Waals surface area contributed by atoms with Crippen molar-refractivity contribution < 1.29 is 9.53 Å². The van der Waals surface area contributed by atoms with Crippen LogP contribution in [0.1, 0.15) is 11.1 Å². The van der Waals surface area contributed by atoms with E-state index in [-0.39, 0.29) is 12.5 Å². The molecule has 1 amide bonds. The fourth-order valence-electron chi connectivity index (χ4n) is 3.03. The Balaban J connectivity index is 1.53. The third kappa shape index (κ3) is 3.74. The molecule has 4 rings (SSSR count). The van der Waals surface area contributed by atoms with Gasteiger partial charge < -0.3 is 4.74 Å². The van der Waals surface area contributed by atoms with E-state index in [0.29, 0.717) is 19.0 Å². The van der Waals surface area contributed by atoms with Crippen LogP contribution < -0.4 is 5.01 Å². The number of benzene rings is 2. The number of carbonyl (C=O) groups is 1. The molecule has 138 valence electrons. The summed E-state index contributed by atoms with van der Waals surface area (Å²) >= 11 is 1.61. The molecule has 2 heterocycles. The van der Waals surface area contributed by atoms with Crippen LogP contribution in [0.3, 0.4) is 0 Å². The number of thioether (sulfide) groups is 1. The SMILES string of the molecule is Cc1ccccc1-c1nnc2n1N(C(=O)COCc1ccccc1)CCS2. The fraction of sp³-hybridized carbons (Fsp3) is 0.250. The molecular formula is C20H20N4O2S. The van der Waals surface area contributed by atoms with Gasteiger partial charge in [0.1, 0.15) is 6.61 Å². The zero-order valence-corrected chi connectivity index (χ0v) is 15.9. The molecule has 1 aliphatic heterocycles. The van der Waals surface area contributed by atoms with Crippen molar-refractivity contribution in [2.24, 2.45) is 0 Å². The Labute approximate surface area is 162 Å². The van der Waals surface area contributed by atoms with Gasteiger partial charge in [-0.25, -0.2) is 9.69 Å². The summed E-state index contributed by atoms with van der Waals surface area (Å²) in [5.41, 5.74) is 3.11. The summed E-state index contributed by atoms with van der Waals surface area (Å²) in [5.74, 6) is 1.38. The smallest absolute Gasteiger partial charge is 0.267 e. The number of hydrogen-bond donors (Lipinski definition) is 0. The third-order valence-electron chi connectivity index (χ3n) is 4.40. The first-order valence-corrected chi connectivity index (χ1v) is 9.79. The van der Waals surface area contributed by atoms with E-state index in [9.17, 15) is 4.79 Å². The largest absolute Gasteiger partial charge is 0.367 e. The first-order valence-electron chi connectivity index (χ1n) is 8.80. The number of fused-ring (bicyclic) bond motifs is 1. The van der Waals surface area contributed by atoms with E-state index < -0.39 is 0 Å². The Hall–Kier alpha value is -2.64. The van der Waals surface area contributed by atoms with Crippen LogP contribution in [0.5, 0.6) is 0 Å². The van der Waals surface area contributed by atoms with Crippen LogP contribution in [-0.4, -0.2) is 39.7 Å². The molecule has 3 aromatic rings. The number of nitrogens with zero attached hydrogens (tertiary/aromatic N) is 4. The molecule has 1 aromatic heterocycles. The molecule has 0 radical (unpaired) electrons. The van der Waals surface area contributed by atoms with E-state index in [1.165, 1.54) is 0 Å². The maximum atomic E-state index is 12.8. The molecule has 2 aromatic carbocycles. The predicted octanol–water partition coefficient (Wildman–Crippen LogP) is 3.04. The zero-order chi connectivity index (χ0) is 18.6. The lowest BCUT2D eigenvalue weighted by Crippen LogP contribution is -2.46. The van der Waals surface area contributed by atoms with Gasteiger partial charge in [-0.1, -0.05) is 66.4 Å². The highest BCUT2D eigenvalue weighted by Gasteiger charge is 2.28. The van der Waals surface area contributed by atoms with E-state index in [1.807, 2.05) is 66.2 Å². The van der Waals surface area contributed by atoms with Crippen LogP contribution in [0.25, 0.3) is 11.4 Å². The van der Waals surface area contributed by atoms with E-state index in [1.54, 1.807) is 16.8 Å². The summed E-state index contributed by atoms with van der Waals surface area (Å²) in [4.78, 5) is 12.8. The molecule has 0 fully saturated rings. The van der Waals surface area contributed by atoms with Crippen LogP contribution in [-0.2, 0) is 16.1 Å². The summed E-state index contributed by atoms with van der Waals surface area (Å²) in [7, 11) is 0. The van der Waals surface area contributed by atoms with Gasteiger partial charge >= 0.3 is 0 Å². The summed E-state index contributed by atoms with van der Waals surface area (Å²) in [5, 5.41) is 11.0. The number of amides is 1. The molecular weight excluding hydrogens is 360 g/mol. The van der Waals surface area contributed by atoms with Crippen molar-refractivity contribution in [1.82, 2.24) is 14.9 Å². The minimum Gasteiger partial charge on any atom is -0.367 e. The van der Waals surface area contributed by atoms with Crippen molar-refractivity contribution in [2.45, 2.75) is 18.7 Å². The lowest BCUT2D eigenvalue weighted by Gasteiger charge is -2.29. The Bertz CT molecular complexity index is 942. The Kier molecular flexibility index (Phi) is 5.22. The second-order valence-corrected chi connectivity index (χ2v) is 7.34. The molecule has 0 aliphatic carbocycles. The monoisotopic (exact) mass is 380 g/mol. The van der Waals surface area contributed by atoms with Gasteiger partial charge in [0, 0.05) is 11.3 Å². The summed E-state index contributed by atoms with van der Waals surface area (Å²) < 4.78 is 7.47. The van der Waals surface area contributed by atoms with Crippen molar-refractivity contribution >= 4 is 17.7 Å². The van der Waals surface area contributed by atoms with Gasteiger partial charge in [-0.05, 0) is 18.1 Å². The molecule has 0 saturated heterocycles. The quantitative estimate of drug-likeness (QED) is 0.681. The Morgan fingerprint density at radius 3 is 2.70 bits per heavy atom. The summed E-state index contributed by atoms with van der Waals surface area (Å²) in [6, 6.07) is 17.8. The van der Waals surface area contributed by atoms with Gasteiger partial charge in [0.15, 0.2) is 5.82 Å². The summed E-state index contributed by atoms with van der Waals surface area (Å²) in [6.07, 6.45) is 0. The van der Waals surface area contributed by atoms with Crippen LogP contribution in [0, 0.1) is 6.92 Å². The third-order valence-corrected chi connectivity index (χ3v) is 5.30. The molecule has 0 bridgehead atoms. The second-order valence-electron chi connectivity index (χ2n) is 6.28. The normalized spacial score (nSPS) is 13.4. The lowest BCUT2D eigenvalue weighted by atomic mass is 10.1. The van der Waals surface area contributed by atoms with Crippen LogP contribution >= 0.6 is 11.8 Å². The van der Waals surface area contributed by atoms with E-state index in [0.717, 1.165) is 27.6 Å². The highest BCUT2D eigenvalue weighted by Crippen LogP contribution is 2.29. The van der Waals surface area contributed by atoms with Crippen molar-refractivity contribution in [3.63, 3.8) is 0 Å². The van der Waals surface area contributed by atoms with Gasteiger partial charge in [-0.3, -0.25) is 4.79 Å². The van der Waals surface area contributed by atoms with Gasteiger partial charge in [-0.15, -0.1) is 10.2 Å². The van der Waals surface area contributed by atoms with Crippen molar-refractivity contribution in [2.75, 3.05) is 23.9 Å². The van der Waals surface area contributed by atoms with E-state index in [4.69, 9.17) is 4.74 Å². The molecule has 1 aliphatic rings. The van der Waals surface area contributed by atoms with Crippen LogP contribution in [0.2, 0.25) is 0 Å². The molecule has 6 nitrogen and oxygen atoms in total. The van der Waals surface area contributed by atoms with Gasteiger partial charge in [0.25, 0.3) is 5.91 Å². The maximum Gasteiger partial charge on any atom is 0.267 e. The second kappa shape index (κ2) is 7.94. The molecule has 0 unspecified atom stereocenters. The number of carbonyl (C=O) groups excluding carboxylic acids is 1. The first-order chi connectivity index (χ1) is 13.2. The topological polar surface area (TPSA) is 60.2 Å². The minimum absolute atomic E-state index is 0.0182. The van der Waals surface area contributed by atoms with Gasteiger partial charge in [0.05, 0.1) is 13.2 Å². The summed E-state index contributed by atoms with van der Waals surface area (Å²) in [6.45, 7) is 3.06. The standard InChI is InChI=1S/C20H20N4O2S/c1-15-7-5-6-10-17(15)19-21-22-20-24(19)23(11-12-27-20)18(25)14-26-13-16-8-3-2-4-9-16/h2-10H,11-14H2,1H3. The number of ether oxygens (including phenoxy) is 1. The minimum atomic E-state index is -0.0953. The van der Waals surface area contributed by atoms with E-state index >= 15 is 0 Å². The number of aromatic nitrogens is 3. The molecule has 0 spiro atoms. The average Bonchev–Trinajstić information content (AvgIpc) is 3.13. The maximum absolute atomic E-state index is 12.8. The lowest BCUT2D eigenvalue weighted by molar-refractivity contribution is -0.125. The van der Waals surface area contributed by atoms with Crippen molar-refractivity contribution in [3.05, 3.63) is 65.7 Å².